The van der Waals surface area contributed by atoms with Crippen LogP contribution in [0.15, 0.2) is 41.1 Å². The molecule has 0 spiro atoms. The first-order valence-corrected chi connectivity index (χ1v) is 6.43. The average Bonchev–Trinajstić information content (AvgIpc) is 2.18. The first-order valence-electron chi connectivity index (χ1n) is 3.89. The van der Waals surface area contributed by atoms with Gasteiger partial charge in [0.15, 0.2) is 0 Å². The van der Waals surface area contributed by atoms with E-state index in [9.17, 15) is 4.21 Å². The van der Waals surface area contributed by atoms with Gasteiger partial charge in [0.2, 0.25) is 0 Å². The van der Waals surface area contributed by atoms with Crippen molar-refractivity contribution in [2.45, 2.75) is 5.75 Å². The molecular formula is C10H12OS2. The van der Waals surface area contributed by atoms with Crippen molar-refractivity contribution in [3.63, 3.8) is 0 Å². The fourth-order valence-electron chi connectivity index (χ4n) is 0.899. The van der Waals surface area contributed by atoms with Gasteiger partial charge in [-0.05, 0) is 11.8 Å². The average molecular weight is 212 g/mol. The van der Waals surface area contributed by atoms with Gasteiger partial charge in [0, 0.05) is 0 Å². The Morgan fingerprint density at radius 2 is 2.08 bits per heavy atom. The molecule has 0 bridgehead atoms. The van der Waals surface area contributed by atoms with Gasteiger partial charge >= 0.3 is 0 Å². The number of hydrogen-bond acceptors (Lipinski definition) is 2. The van der Waals surface area contributed by atoms with Gasteiger partial charge in [-0.3, -0.25) is 4.21 Å². The predicted molar refractivity (Wildman–Crippen MR) is 60.9 cm³/mol. The normalized spacial score (nSPS) is 12.4. The highest BCUT2D eigenvalue weighted by molar-refractivity contribution is 8.15. The van der Waals surface area contributed by atoms with Crippen molar-refractivity contribution in [1.29, 1.82) is 0 Å². The van der Waals surface area contributed by atoms with Crippen LogP contribution in [0.1, 0.15) is 5.56 Å². The van der Waals surface area contributed by atoms with E-state index in [1.807, 2.05) is 36.6 Å². The maximum absolute atomic E-state index is 11.5. The first-order chi connectivity index (χ1) is 6.24. The van der Waals surface area contributed by atoms with Gasteiger partial charge in [0.1, 0.15) is 0 Å². The number of hydrogen-bond donors (Lipinski definition) is 0. The van der Waals surface area contributed by atoms with Gasteiger partial charge in [-0.25, -0.2) is 0 Å². The van der Waals surface area contributed by atoms with E-state index < -0.39 is 10.8 Å². The Bertz CT molecular complexity index is 306. The Morgan fingerprint density at radius 3 is 2.62 bits per heavy atom. The van der Waals surface area contributed by atoms with E-state index in [4.69, 9.17) is 0 Å². The van der Waals surface area contributed by atoms with Crippen molar-refractivity contribution in [3.8, 4) is 0 Å². The maximum atomic E-state index is 11.5. The molecule has 1 rings (SSSR count). The lowest BCUT2D eigenvalue weighted by Gasteiger charge is -2.02. The zero-order valence-electron chi connectivity index (χ0n) is 7.53. The molecule has 1 aromatic rings. The third kappa shape index (κ3) is 3.36. The standard InChI is InChI=1S/C10H12OS2/c1-9(12-2)13(11)8-10-6-4-3-5-7-10/h3-7H,1,8H2,2H3. The summed E-state index contributed by atoms with van der Waals surface area (Å²) in [4.78, 5) is 0. The lowest BCUT2D eigenvalue weighted by Crippen LogP contribution is -1.94. The van der Waals surface area contributed by atoms with Gasteiger partial charge in [-0.2, -0.15) is 0 Å². The van der Waals surface area contributed by atoms with E-state index in [2.05, 4.69) is 6.58 Å². The summed E-state index contributed by atoms with van der Waals surface area (Å²) in [5, 5.41) is 0. The summed E-state index contributed by atoms with van der Waals surface area (Å²) in [6.07, 6.45) is 1.89. The summed E-state index contributed by atoms with van der Waals surface area (Å²) in [6.45, 7) is 3.73. The van der Waals surface area contributed by atoms with Crippen molar-refractivity contribution in [2.24, 2.45) is 0 Å². The van der Waals surface area contributed by atoms with Gasteiger partial charge in [-0.15, -0.1) is 11.8 Å². The van der Waals surface area contributed by atoms with E-state index in [-0.39, 0.29) is 0 Å². The molecule has 70 valence electrons. The van der Waals surface area contributed by atoms with Crippen molar-refractivity contribution in [3.05, 3.63) is 46.7 Å². The minimum absolute atomic E-state index is 0.570. The fraction of sp³-hybridized carbons (Fsp3) is 0.200. The van der Waals surface area contributed by atoms with Crippen LogP contribution in [0.25, 0.3) is 0 Å². The Morgan fingerprint density at radius 1 is 1.46 bits per heavy atom. The zero-order valence-corrected chi connectivity index (χ0v) is 9.16. The molecule has 1 atom stereocenters. The Balaban J connectivity index is 2.60. The lowest BCUT2D eigenvalue weighted by molar-refractivity contribution is 0.687. The molecule has 1 aromatic carbocycles. The minimum Gasteiger partial charge on any atom is -0.253 e. The molecule has 0 fully saturated rings. The Kier molecular flexibility index (Phi) is 4.25. The molecule has 0 saturated carbocycles. The largest absolute Gasteiger partial charge is 0.253 e. The van der Waals surface area contributed by atoms with Crippen LogP contribution < -0.4 is 0 Å². The summed E-state index contributed by atoms with van der Waals surface area (Å²) in [5.41, 5.74) is 1.09. The van der Waals surface area contributed by atoms with Crippen LogP contribution in [0.3, 0.4) is 0 Å². The molecule has 0 aliphatic rings. The number of rotatable bonds is 4. The second-order valence-electron chi connectivity index (χ2n) is 2.55. The lowest BCUT2D eigenvalue weighted by atomic mass is 10.2. The quantitative estimate of drug-likeness (QED) is 0.763. The van der Waals surface area contributed by atoms with Crippen LogP contribution in [0, 0.1) is 0 Å². The molecule has 0 saturated heterocycles. The summed E-state index contributed by atoms with van der Waals surface area (Å²) in [6, 6.07) is 9.82. The SMILES string of the molecule is C=C(SC)S(=O)Cc1ccccc1. The Hall–Kier alpha value is -0.540. The topological polar surface area (TPSA) is 17.1 Å². The molecule has 13 heavy (non-hydrogen) atoms. The fourth-order valence-corrected chi connectivity index (χ4v) is 2.48. The first kappa shape index (κ1) is 10.5. The molecule has 1 unspecified atom stereocenters. The van der Waals surface area contributed by atoms with Crippen molar-refractivity contribution < 1.29 is 4.21 Å². The molecule has 0 aromatic heterocycles. The molecule has 0 heterocycles. The van der Waals surface area contributed by atoms with E-state index in [0.717, 1.165) is 9.80 Å². The number of benzene rings is 1. The molecule has 1 nitrogen and oxygen atoms in total. The predicted octanol–water partition coefficient (Wildman–Crippen LogP) is 2.77. The highest BCUT2D eigenvalue weighted by Gasteiger charge is 2.03. The highest BCUT2D eigenvalue weighted by Crippen LogP contribution is 2.16. The van der Waals surface area contributed by atoms with Crippen molar-refractivity contribution >= 4 is 22.6 Å². The van der Waals surface area contributed by atoms with Gasteiger partial charge < -0.3 is 0 Å². The van der Waals surface area contributed by atoms with Crippen LogP contribution in [0.2, 0.25) is 0 Å². The van der Waals surface area contributed by atoms with E-state index in [0.29, 0.717) is 5.75 Å². The van der Waals surface area contributed by atoms with Gasteiger partial charge in [0.05, 0.1) is 20.8 Å². The monoisotopic (exact) mass is 212 g/mol. The molecule has 3 heteroatoms. The van der Waals surface area contributed by atoms with Crippen LogP contribution in [0.5, 0.6) is 0 Å². The third-order valence-corrected chi connectivity index (χ3v) is 4.24. The van der Waals surface area contributed by atoms with E-state index >= 15 is 0 Å². The van der Waals surface area contributed by atoms with Crippen LogP contribution in [-0.2, 0) is 16.6 Å². The van der Waals surface area contributed by atoms with E-state index in [1.54, 1.807) is 0 Å². The summed E-state index contributed by atoms with van der Waals surface area (Å²) >= 11 is 1.46. The second-order valence-corrected chi connectivity index (χ2v) is 5.18. The summed E-state index contributed by atoms with van der Waals surface area (Å²) in [5.74, 6) is 0.570. The summed E-state index contributed by atoms with van der Waals surface area (Å²) in [7, 11) is -0.947. The van der Waals surface area contributed by atoms with Gasteiger partial charge in [0.25, 0.3) is 0 Å². The molecule has 0 amide bonds. The molecule has 0 aliphatic heterocycles. The van der Waals surface area contributed by atoms with Gasteiger partial charge in [-0.1, -0.05) is 36.9 Å². The minimum atomic E-state index is -0.947. The summed E-state index contributed by atoms with van der Waals surface area (Å²) < 4.78 is 12.3. The third-order valence-electron chi connectivity index (χ3n) is 1.62. The maximum Gasteiger partial charge on any atom is 0.0644 e. The van der Waals surface area contributed by atoms with E-state index in [1.165, 1.54) is 11.8 Å². The van der Waals surface area contributed by atoms with Crippen molar-refractivity contribution in [1.82, 2.24) is 0 Å². The molecule has 0 aliphatic carbocycles. The smallest absolute Gasteiger partial charge is 0.0644 e. The second kappa shape index (κ2) is 5.25. The van der Waals surface area contributed by atoms with Crippen LogP contribution >= 0.6 is 11.8 Å². The highest BCUT2D eigenvalue weighted by atomic mass is 32.2. The zero-order chi connectivity index (χ0) is 9.68. The van der Waals surface area contributed by atoms with Crippen LogP contribution in [0.4, 0.5) is 0 Å². The molecule has 0 radical (unpaired) electrons. The molecule has 0 N–H and O–H groups in total. The molecular weight excluding hydrogens is 200 g/mol. The number of thioether (sulfide) groups is 1. The van der Waals surface area contributed by atoms with Crippen molar-refractivity contribution in [2.75, 3.05) is 6.26 Å². The van der Waals surface area contributed by atoms with Crippen LogP contribution in [-0.4, -0.2) is 10.5 Å². The Labute approximate surface area is 85.7 Å².